The first-order chi connectivity index (χ1) is 41.2. The summed E-state index contributed by atoms with van der Waals surface area (Å²) in [4.78, 5) is 95.1. The first-order valence-electron chi connectivity index (χ1n) is 26.6. The van der Waals surface area contributed by atoms with E-state index in [1.54, 1.807) is 97.1 Å². The Bertz CT molecular complexity index is 4130. The Morgan fingerprint density at radius 3 is 0.884 bits per heavy atom. The molecule has 9 aromatic carbocycles. The van der Waals surface area contributed by atoms with Gasteiger partial charge < -0.3 is 49.4 Å². The lowest BCUT2D eigenvalue weighted by molar-refractivity contribution is 0.0424. The molecule has 0 atom stereocenters. The molecule has 86 heavy (non-hydrogen) atoms. The monoisotopic (exact) mass is 1150 g/mol. The topological polar surface area (TPSA) is 262 Å². The molecule has 426 valence electrons. The van der Waals surface area contributed by atoms with Crippen molar-refractivity contribution in [3.8, 4) is 46.0 Å². The Morgan fingerprint density at radius 1 is 0.279 bits per heavy atom. The third-order valence-corrected chi connectivity index (χ3v) is 14.7. The third kappa shape index (κ3) is 11.2. The van der Waals surface area contributed by atoms with E-state index in [-0.39, 0.29) is 72.6 Å². The van der Waals surface area contributed by atoms with Crippen LogP contribution in [0.15, 0.2) is 194 Å². The molecule has 0 unspecified atom stereocenters. The second-order valence-electron chi connectivity index (χ2n) is 20.9. The Balaban J connectivity index is 0.000000158. The van der Waals surface area contributed by atoms with Crippen LogP contribution in [0.5, 0.6) is 46.0 Å². The highest BCUT2D eigenvalue weighted by Crippen LogP contribution is 2.40. The van der Waals surface area contributed by atoms with Crippen molar-refractivity contribution in [3.63, 3.8) is 0 Å². The summed E-state index contributed by atoms with van der Waals surface area (Å²) < 4.78 is 42.3. The summed E-state index contributed by atoms with van der Waals surface area (Å²) in [5.41, 5.74) is 16.9. The van der Waals surface area contributed by atoms with Gasteiger partial charge in [-0.05, 0) is 144 Å². The van der Waals surface area contributed by atoms with Gasteiger partial charge in [-0.1, -0.05) is 100 Å². The van der Waals surface area contributed by atoms with Crippen LogP contribution in [0.1, 0.15) is 133 Å². The molecule has 4 heterocycles. The molecule has 0 saturated heterocycles. The van der Waals surface area contributed by atoms with Crippen LogP contribution >= 0.6 is 0 Å². The van der Waals surface area contributed by atoms with Gasteiger partial charge in [-0.25, -0.2) is 38.4 Å². The summed E-state index contributed by atoms with van der Waals surface area (Å²) in [5.74, 6) is -2.24. The van der Waals surface area contributed by atoms with Gasteiger partial charge in [0.05, 0.1) is 27.8 Å². The maximum Gasteiger partial charge on any atom is 0.350 e. The number of carbonyl (C=O) groups is 8. The van der Waals surface area contributed by atoms with E-state index in [1.807, 2.05) is 66.7 Å². The van der Waals surface area contributed by atoms with Crippen molar-refractivity contribution in [1.82, 2.24) is 0 Å². The molecule has 0 aliphatic carbocycles. The zero-order chi connectivity index (χ0) is 60.6. The van der Waals surface area contributed by atoms with Gasteiger partial charge in [0, 0.05) is 22.2 Å². The van der Waals surface area contributed by atoms with Crippen LogP contribution in [0.3, 0.4) is 0 Å². The van der Waals surface area contributed by atoms with Crippen LogP contribution in [-0.4, -0.2) is 47.8 Å². The number of ether oxygens (including phenoxy) is 8. The number of nitrogens with two attached hydrogens (primary N) is 2. The van der Waals surface area contributed by atoms with Crippen molar-refractivity contribution in [2.24, 2.45) is 0 Å². The molecule has 0 fully saturated rings. The van der Waals surface area contributed by atoms with Crippen LogP contribution in [0, 0.1) is 0 Å². The minimum atomic E-state index is -0.721. The zero-order valence-corrected chi connectivity index (χ0v) is 46.2. The summed E-state index contributed by atoms with van der Waals surface area (Å²) in [7, 11) is 0. The molecule has 0 aromatic heterocycles. The second-order valence-corrected chi connectivity index (χ2v) is 20.9. The largest absolute Gasteiger partial charge is 0.457 e. The highest BCUT2D eigenvalue weighted by molar-refractivity contribution is 6.18. The summed E-state index contributed by atoms with van der Waals surface area (Å²) in [6.45, 7) is 8.34. The maximum atomic E-state index is 12.1. The Kier molecular flexibility index (Phi) is 14.8. The van der Waals surface area contributed by atoms with E-state index in [0.29, 0.717) is 40.1 Å². The molecule has 18 nitrogen and oxygen atoms in total. The number of nitrogen functional groups attached to an aromatic ring is 2. The number of esters is 8. The standard InChI is InChI=1S/2C31H20O8.C6H8N2/c1-31(2,17-9-13-19(14-10-17)36-23-7-3-5-21-25(23)29(34)38-27(21)32)18-11-15-20(16-12-18)37-24-8-4-6-22-26(24)30(35)39-28(22)33;1-31(2,17-6-10-19(11-7-17)36-21-14-15-22-24(16-21)29(34)38-27(22)32)18-8-12-20(13-9-18)37-25-5-3-4-23-26(25)30(35)39-28(23)33;7-5-2-1-3-6(8)4-5/h2*3-16H,1-2H3;1-4H,7-8H2. The molecule has 4 aliphatic heterocycles. The molecule has 0 bridgehead atoms. The van der Waals surface area contributed by atoms with Gasteiger partial charge in [0.25, 0.3) is 0 Å². The first kappa shape index (κ1) is 56.2. The van der Waals surface area contributed by atoms with Crippen molar-refractivity contribution in [2.75, 3.05) is 11.5 Å². The Labute approximate surface area is 490 Å². The minimum absolute atomic E-state index is 0.123. The van der Waals surface area contributed by atoms with E-state index in [4.69, 9.17) is 44.6 Å². The number of hydrogen-bond acceptors (Lipinski definition) is 18. The average Bonchev–Trinajstić information content (AvgIpc) is 4.36. The first-order valence-corrected chi connectivity index (χ1v) is 26.6. The Morgan fingerprint density at radius 2 is 0.558 bits per heavy atom. The van der Waals surface area contributed by atoms with Gasteiger partial charge in [0.1, 0.15) is 62.7 Å². The third-order valence-electron chi connectivity index (χ3n) is 14.7. The van der Waals surface area contributed by atoms with E-state index in [0.717, 1.165) is 22.3 Å². The van der Waals surface area contributed by atoms with E-state index in [1.165, 1.54) is 30.3 Å². The number of rotatable bonds is 12. The molecule has 4 N–H and O–H groups in total. The fourth-order valence-electron chi connectivity index (χ4n) is 9.86. The van der Waals surface area contributed by atoms with Crippen molar-refractivity contribution in [2.45, 2.75) is 38.5 Å². The molecule has 0 amide bonds. The smallest absolute Gasteiger partial charge is 0.350 e. The number of hydrogen-bond donors (Lipinski definition) is 2. The van der Waals surface area contributed by atoms with Crippen LogP contribution in [0.25, 0.3) is 0 Å². The van der Waals surface area contributed by atoms with Gasteiger partial charge >= 0.3 is 47.8 Å². The number of anilines is 2. The van der Waals surface area contributed by atoms with Gasteiger partial charge in [-0.3, -0.25) is 0 Å². The fourth-order valence-corrected chi connectivity index (χ4v) is 9.86. The molecule has 18 heteroatoms. The van der Waals surface area contributed by atoms with Crippen molar-refractivity contribution < 1.29 is 76.3 Å². The molecule has 0 radical (unpaired) electrons. The molecular formula is C68H48N2O16. The quantitative estimate of drug-likeness (QED) is 0.0498. The lowest BCUT2D eigenvalue weighted by atomic mass is 9.78. The average molecular weight is 1150 g/mol. The summed E-state index contributed by atoms with van der Waals surface area (Å²) in [5, 5.41) is 0. The molecular weight excluding hydrogens is 1100 g/mol. The fraction of sp³-hybridized carbons (Fsp3) is 0.0882. The summed E-state index contributed by atoms with van der Waals surface area (Å²) in [6.07, 6.45) is 0. The van der Waals surface area contributed by atoms with Gasteiger partial charge in [0.15, 0.2) is 0 Å². The van der Waals surface area contributed by atoms with Gasteiger partial charge in [-0.15, -0.1) is 0 Å². The van der Waals surface area contributed by atoms with Crippen LogP contribution < -0.4 is 30.4 Å². The Hall–Kier alpha value is -11.7. The highest BCUT2D eigenvalue weighted by Gasteiger charge is 2.36. The predicted molar refractivity (Wildman–Crippen MR) is 310 cm³/mol. The van der Waals surface area contributed by atoms with E-state index in [9.17, 15) is 38.4 Å². The molecule has 9 aromatic rings. The molecule has 0 spiro atoms. The molecule has 4 aliphatic rings. The van der Waals surface area contributed by atoms with Crippen molar-refractivity contribution in [3.05, 3.63) is 261 Å². The number of fused-ring (bicyclic) bond motifs is 4. The lowest BCUT2D eigenvalue weighted by Crippen LogP contribution is -2.18. The highest BCUT2D eigenvalue weighted by atomic mass is 16.6. The zero-order valence-electron chi connectivity index (χ0n) is 46.2. The summed E-state index contributed by atoms with van der Waals surface area (Å²) >= 11 is 0. The molecule has 13 rings (SSSR count). The number of benzene rings is 9. The molecule has 0 saturated carbocycles. The summed E-state index contributed by atoms with van der Waals surface area (Å²) in [6, 6.07) is 56.1. The minimum Gasteiger partial charge on any atom is -0.457 e. The van der Waals surface area contributed by atoms with E-state index < -0.39 is 47.8 Å². The van der Waals surface area contributed by atoms with Crippen molar-refractivity contribution >= 4 is 59.1 Å². The van der Waals surface area contributed by atoms with Gasteiger partial charge in [-0.2, -0.15) is 0 Å². The second kappa shape index (κ2) is 22.6. The van der Waals surface area contributed by atoms with Crippen LogP contribution in [-0.2, 0) is 29.8 Å². The van der Waals surface area contributed by atoms with Crippen LogP contribution in [0.4, 0.5) is 11.4 Å². The predicted octanol–water partition coefficient (Wildman–Crippen LogP) is 13.3. The van der Waals surface area contributed by atoms with Crippen LogP contribution in [0.2, 0.25) is 0 Å². The maximum absolute atomic E-state index is 12.1. The van der Waals surface area contributed by atoms with E-state index >= 15 is 0 Å². The number of cyclic esters (lactones) is 8. The normalized spacial score (nSPS) is 13.5. The van der Waals surface area contributed by atoms with Gasteiger partial charge in [0.2, 0.25) is 0 Å². The SMILES string of the molecule is CC(C)(c1ccc(Oc2ccc3c(c2)C(=O)OC3=O)cc1)c1ccc(Oc2cccc3c2C(=O)OC3=O)cc1.CC(C)(c1ccc(Oc2cccc3c2C(=O)OC3=O)cc1)c1ccc(Oc2cccc3c2C(=O)OC3=O)cc1.Nc1cccc(N)c1. The lowest BCUT2D eigenvalue weighted by Gasteiger charge is -2.26. The van der Waals surface area contributed by atoms with Crippen molar-refractivity contribution in [1.29, 1.82) is 0 Å². The van der Waals surface area contributed by atoms with E-state index in [2.05, 4.69) is 32.4 Å². The number of carbonyl (C=O) groups excluding carboxylic acids is 8.